The Morgan fingerprint density at radius 2 is 1.36 bits per heavy atom. The molecule has 73 heavy (non-hydrogen) atoms. The number of aliphatic imine (C=N–C) groups is 2. The fraction of sp³-hybridized carbons (Fsp3) is 0.591. The molecular formula is C44H71N17O10S2. The molecule has 0 aromatic heterocycles. The van der Waals surface area contributed by atoms with E-state index in [-0.39, 0.29) is 81.6 Å². The highest BCUT2D eigenvalue weighted by Crippen LogP contribution is 2.26. The van der Waals surface area contributed by atoms with Crippen LogP contribution in [0, 0.1) is 5.92 Å². The van der Waals surface area contributed by atoms with Crippen LogP contribution in [0.15, 0.2) is 40.3 Å². The van der Waals surface area contributed by atoms with Crippen molar-refractivity contribution < 1.29 is 47.9 Å². The lowest BCUT2D eigenvalue weighted by Gasteiger charge is -2.31. The number of guanidine groups is 2. The van der Waals surface area contributed by atoms with Crippen molar-refractivity contribution in [3.63, 3.8) is 0 Å². The third-order valence-corrected chi connectivity index (χ3v) is 14.1. The summed E-state index contributed by atoms with van der Waals surface area (Å²) in [6.07, 6.45) is 0.382. The van der Waals surface area contributed by atoms with Crippen LogP contribution in [-0.4, -0.2) is 162 Å². The van der Waals surface area contributed by atoms with Gasteiger partial charge in [0.25, 0.3) is 0 Å². The van der Waals surface area contributed by atoms with E-state index in [1.807, 2.05) is 0 Å². The van der Waals surface area contributed by atoms with Crippen molar-refractivity contribution in [3.05, 3.63) is 35.9 Å². The third kappa shape index (κ3) is 21.0. The van der Waals surface area contributed by atoms with Gasteiger partial charge in [-0.2, -0.15) is 0 Å². The van der Waals surface area contributed by atoms with Crippen molar-refractivity contribution in [1.82, 2.24) is 42.1 Å². The lowest BCUT2D eigenvalue weighted by Crippen LogP contribution is -2.61. The second-order valence-electron chi connectivity index (χ2n) is 17.5. The maximum absolute atomic E-state index is 14.6. The standard InChI is InChI=1S/C44H71N17O10S2/c1-3-23(2)34-41(70)56-27(13-8-16-53-44(50)51)37(66)58-29(19-32(46)62)38(67)59-30(22-73-72-21-25(45)35(64)57-28(39(68)60-34)18-24-10-5-4-6-11-24)42(71)61-17-9-14-31(61)40(69)55-26(12-7-15-52-43(48)49)36(65)54-20-33(47)63/h4-6,10-11,23,25-31,34H,3,7-9,12-22,45H2,1-2H3,(H2,46,62)(H2,47,63)(H,54,65)(H,55,69)(H,56,70)(H,57,64)(H,58,66)(H,59,67)(H,60,68)(H4,48,49,52)(H4,50,51,53). The molecule has 1 aromatic carbocycles. The summed E-state index contributed by atoms with van der Waals surface area (Å²) in [6, 6.07) is -1.81. The molecule has 21 N–H and O–H groups in total. The van der Waals surface area contributed by atoms with Gasteiger partial charge in [-0.25, -0.2) is 0 Å². The molecule has 9 atom stereocenters. The molecular weight excluding hydrogens is 991 g/mol. The molecule has 0 spiro atoms. The largest absolute Gasteiger partial charge is 0.370 e. The van der Waals surface area contributed by atoms with E-state index in [1.54, 1.807) is 44.2 Å². The van der Waals surface area contributed by atoms with E-state index < -0.39 is 126 Å². The molecule has 1 aromatic rings. The zero-order valence-corrected chi connectivity index (χ0v) is 42.6. The van der Waals surface area contributed by atoms with Gasteiger partial charge < -0.3 is 82.3 Å². The van der Waals surface area contributed by atoms with Crippen molar-refractivity contribution >= 4 is 92.6 Å². The Labute approximate surface area is 430 Å². The van der Waals surface area contributed by atoms with Gasteiger partial charge in [-0.3, -0.25) is 57.9 Å². The second-order valence-corrected chi connectivity index (χ2v) is 20.0. The van der Waals surface area contributed by atoms with Crippen LogP contribution in [0.5, 0.6) is 0 Å². The quantitative estimate of drug-likeness (QED) is 0.0251. The van der Waals surface area contributed by atoms with Crippen molar-refractivity contribution in [2.45, 2.75) is 120 Å². The highest BCUT2D eigenvalue weighted by Gasteiger charge is 2.41. The van der Waals surface area contributed by atoms with E-state index in [4.69, 9.17) is 40.1 Å². The number of primary amides is 2. The lowest BCUT2D eigenvalue weighted by atomic mass is 9.96. The Bertz CT molecular complexity index is 2170. The summed E-state index contributed by atoms with van der Waals surface area (Å²) in [5.74, 6) is -9.48. The SMILES string of the molecule is CCC(C)C1NC(=O)C(Cc2ccccc2)NC(=O)C(N)CSSCC(C(=O)N2CCCC2C(=O)NC(CCCN=C(N)N)C(=O)NCC(N)=O)NC(=O)C(CC(N)=O)NC(=O)C(CCCN=C(N)N)NC1=O. The Hall–Kier alpha value is -6.88. The Morgan fingerprint density at radius 3 is 1.99 bits per heavy atom. The monoisotopic (exact) mass is 1060 g/mol. The third-order valence-electron chi connectivity index (χ3n) is 11.7. The number of nitrogens with one attached hydrogen (secondary N) is 7. The molecule has 3 rings (SSSR count). The van der Waals surface area contributed by atoms with Crippen LogP contribution in [0.2, 0.25) is 0 Å². The van der Waals surface area contributed by atoms with Gasteiger partial charge >= 0.3 is 0 Å². The Balaban J connectivity index is 2.05. The normalized spacial score (nSPS) is 23.4. The molecule has 10 amide bonds. The molecule has 2 heterocycles. The van der Waals surface area contributed by atoms with Gasteiger partial charge in [-0.15, -0.1) is 0 Å². The first-order valence-corrected chi connectivity index (χ1v) is 26.2. The molecule has 2 aliphatic heterocycles. The summed E-state index contributed by atoms with van der Waals surface area (Å²) >= 11 is 0. The molecule has 0 aliphatic carbocycles. The van der Waals surface area contributed by atoms with Crippen molar-refractivity contribution in [2.24, 2.45) is 56.0 Å². The summed E-state index contributed by atoms with van der Waals surface area (Å²) in [6.45, 7) is 3.14. The minimum absolute atomic E-state index is 0.0144. The molecule has 0 bridgehead atoms. The van der Waals surface area contributed by atoms with E-state index >= 15 is 0 Å². The van der Waals surface area contributed by atoms with Crippen LogP contribution in [-0.2, 0) is 54.4 Å². The Kier molecular flexibility index (Phi) is 25.6. The van der Waals surface area contributed by atoms with Crippen molar-refractivity contribution in [3.8, 4) is 0 Å². The molecule has 404 valence electrons. The number of likely N-dealkylation sites (tertiary alicyclic amines) is 1. The smallest absolute Gasteiger partial charge is 0.246 e. The van der Waals surface area contributed by atoms with Crippen LogP contribution in [0.3, 0.4) is 0 Å². The minimum atomic E-state index is -1.71. The zero-order chi connectivity index (χ0) is 54.2. The highest BCUT2D eigenvalue weighted by molar-refractivity contribution is 8.76. The molecule has 2 fully saturated rings. The number of carbonyl (C=O) groups is 10. The first-order chi connectivity index (χ1) is 34.6. The Morgan fingerprint density at radius 1 is 0.753 bits per heavy atom. The van der Waals surface area contributed by atoms with Gasteiger partial charge in [-0.1, -0.05) is 72.2 Å². The lowest BCUT2D eigenvalue weighted by molar-refractivity contribution is -0.142. The first kappa shape index (κ1) is 60.4. The number of nitrogens with zero attached hydrogens (tertiary/aromatic N) is 3. The fourth-order valence-corrected chi connectivity index (χ4v) is 9.89. The first-order valence-electron chi connectivity index (χ1n) is 23.7. The van der Waals surface area contributed by atoms with E-state index in [0.717, 1.165) is 21.6 Å². The average molecular weight is 1060 g/mol. The number of rotatable bonds is 20. The van der Waals surface area contributed by atoms with E-state index in [0.29, 0.717) is 18.4 Å². The number of benzene rings is 1. The van der Waals surface area contributed by atoms with Gasteiger partial charge in [-0.05, 0) is 50.0 Å². The molecule has 29 heteroatoms. The van der Waals surface area contributed by atoms with Gasteiger partial charge in [0.15, 0.2) is 11.9 Å². The zero-order valence-electron chi connectivity index (χ0n) is 41.0. The summed E-state index contributed by atoms with van der Waals surface area (Å²) < 4.78 is 0. The van der Waals surface area contributed by atoms with Gasteiger partial charge in [0.2, 0.25) is 59.1 Å². The van der Waals surface area contributed by atoms with Crippen LogP contribution in [0.1, 0.15) is 70.8 Å². The summed E-state index contributed by atoms with van der Waals surface area (Å²) in [7, 11) is 2.09. The summed E-state index contributed by atoms with van der Waals surface area (Å²) in [5, 5.41) is 18.2. The second kappa shape index (κ2) is 30.9. The van der Waals surface area contributed by atoms with Gasteiger partial charge in [0.1, 0.15) is 42.3 Å². The van der Waals surface area contributed by atoms with E-state index in [2.05, 4.69) is 47.2 Å². The van der Waals surface area contributed by atoms with Crippen molar-refractivity contribution in [2.75, 3.05) is 37.7 Å². The van der Waals surface area contributed by atoms with Crippen molar-refractivity contribution in [1.29, 1.82) is 0 Å². The van der Waals surface area contributed by atoms with Crippen LogP contribution < -0.4 is 77.4 Å². The maximum Gasteiger partial charge on any atom is 0.246 e. The predicted molar refractivity (Wildman–Crippen MR) is 275 cm³/mol. The predicted octanol–water partition coefficient (Wildman–Crippen LogP) is -5.52. The number of hydrogen-bond donors (Lipinski definition) is 14. The molecule has 27 nitrogen and oxygen atoms in total. The number of carbonyl (C=O) groups excluding carboxylic acids is 10. The fourth-order valence-electron chi connectivity index (χ4n) is 7.61. The maximum atomic E-state index is 14.6. The molecule has 2 saturated heterocycles. The van der Waals surface area contributed by atoms with Crippen LogP contribution in [0.4, 0.5) is 0 Å². The van der Waals surface area contributed by atoms with Gasteiger partial charge in [0.05, 0.1) is 19.0 Å². The summed E-state index contributed by atoms with van der Waals surface area (Å²) in [4.78, 5) is 145. The number of nitrogens with two attached hydrogens (primary N) is 7. The van der Waals surface area contributed by atoms with Gasteiger partial charge in [0, 0.05) is 37.6 Å². The molecule has 0 saturated carbocycles. The van der Waals surface area contributed by atoms with E-state index in [1.165, 1.54) is 4.90 Å². The van der Waals surface area contributed by atoms with Crippen LogP contribution >= 0.6 is 21.6 Å². The topological polar surface area (TPSA) is 465 Å². The highest BCUT2D eigenvalue weighted by atomic mass is 33.1. The van der Waals surface area contributed by atoms with E-state index in [9.17, 15) is 47.9 Å². The van der Waals surface area contributed by atoms with Crippen LogP contribution in [0.25, 0.3) is 0 Å². The molecule has 2 aliphatic rings. The average Bonchev–Trinajstić information content (AvgIpc) is 3.84. The molecule has 9 unspecified atom stereocenters. The minimum Gasteiger partial charge on any atom is -0.370 e. The number of amides is 10. The summed E-state index contributed by atoms with van der Waals surface area (Å²) in [5.41, 5.74) is 39.7. The molecule has 0 radical (unpaired) electrons. The number of hydrogen-bond acceptors (Lipinski definition) is 15.